The van der Waals surface area contributed by atoms with Gasteiger partial charge in [0.25, 0.3) is 5.91 Å². The molecular weight excluding hydrogens is 458 g/mol. The first-order valence-electron chi connectivity index (χ1n) is 10.4. The van der Waals surface area contributed by atoms with Crippen LogP contribution in [0.4, 0.5) is 14.5 Å². The van der Waals surface area contributed by atoms with E-state index in [1.807, 2.05) is 37.4 Å². The summed E-state index contributed by atoms with van der Waals surface area (Å²) in [6.45, 7) is 2.70. The lowest BCUT2D eigenvalue weighted by atomic mass is 10.0. The predicted octanol–water partition coefficient (Wildman–Crippen LogP) is 7.37. The second-order valence-corrected chi connectivity index (χ2v) is 9.94. The van der Waals surface area contributed by atoms with Crippen molar-refractivity contribution in [2.75, 3.05) is 11.8 Å². The summed E-state index contributed by atoms with van der Waals surface area (Å²) in [5.74, 6) is -1.11. The van der Waals surface area contributed by atoms with Gasteiger partial charge in [-0.05, 0) is 89.7 Å². The van der Waals surface area contributed by atoms with Crippen LogP contribution in [0.3, 0.4) is 0 Å². The van der Waals surface area contributed by atoms with Crippen LogP contribution in [0.2, 0.25) is 0 Å². The largest absolute Gasteiger partial charge is 0.337 e. The zero-order valence-corrected chi connectivity index (χ0v) is 19.6. The summed E-state index contributed by atoms with van der Waals surface area (Å²) in [7, 11) is 1.82. The Hall–Kier alpha value is -3.16. The van der Waals surface area contributed by atoms with E-state index in [9.17, 15) is 13.6 Å². The second-order valence-electron chi connectivity index (χ2n) is 8.01. The molecule has 166 valence electrons. The van der Waals surface area contributed by atoms with Crippen molar-refractivity contribution in [1.29, 1.82) is 0 Å². The van der Waals surface area contributed by atoms with Gasteiger partial charge in [0.05, 0.1) is 4.90 Å². The molecule has 0 saturated heterocycles. The fourth-order valence-corrected chi connectivity index (χ4v) is 5.61. The molecule has 4 aromatic rings. The minimum Gasteiger partial charge on any atom is -0.337 e. The molecule has 2 heterocycles. The number of nitrogens with one attached hydrogen (secondary N) is 1. The van der Waals surface area contributed by atoms with E-state index >= 15 is 0 Å². The quantitative estimate of drug-likeness (QED) is 0.304. The normalized spacial score (nSPS) is 12.8. The zero-order chi connectivity index (χ0) is 23.1. The lowest BCUT2D eigenvalue weighted by Crippen LogP contribution is -2.17. The number of rotatable bonds is 5. The van der Waals surface area contributed by atoms with Crippen LogP contribution in [-0.2, 0) is 6.54 Å². The molecule has 7 heteroatoms. The van der Waals surface area contributed by atoms with Crippen LogP contribution in [0.15, 0.2) is 71.6 Å². The molecule has 0 saturated carbocycles. The Morgan fingerprint density at radius 1 is 0.939 bits per heavy atom. The summed E-state index contributed by atoms with van der Waals surface area (Å²) in [6, 6.07) is 19.8. The highest BCUT2D eigenvalue weighted by atomic mass is 32.2. The molecule has 1 amide bonds. The topological polar surface area (TPSA) is 32.3 Å². The van der Waals surface area contributed by atoms with E-state index in [0.717, 1.165) is 61.3 Å². The van der Waals surface area contributed by atoms with Gasteiger partial charge in [-0.1, -0.05) is 12.1 Å². The molecule has 1 aromatic heterocycles. The summed E-state index contributed by atoms with van der Waals surface area (Å²) in [6.07, 6.45) is 0. The minimum atomic E-state index is -0.593. The van der Waals surface area contributed by atoms with Gasteiger partial charge >= 0.3 is 0 Å². The predicted molar refractivity (Wildman–Crippen MR) is 132 cm³/mol. The maximum atomic E-state index is 13.9. The first-order chi connectivity index (χ1) is 15.9. The highest BCUT2D eigenvalue weighted by molar-refractivity contribution is 8.00. The summed E-state index contributed by atoms with van der Waals surface area (Å²) in [5.41, 5.74) is 5.99. The molecular formula is C26H20F2N2OS2. The van der Waals surface area contributed by atoms with Gasteiger partial charge < -0.3 is 9.62 Å². The first kappa shape index (κ1) is 21.7. The summed E-state index contributed by atoms with van der Waals surface area (Å²) in [4.78, 5) is 16.5. The fraction of sp³-hybridized carbons (Fsp3) is 0.115. The zero-order valence-electron chi connectivity index (χ0n) is 18.0. The molecule has 0 bridgehead atoms. The Balaban J connectivity index is 1.38. The number of benzene rings is 3. The standard InChI is InChI=1S/C26H20F2N2OS2/c1-15-3-6-19(29-33-25-8-5-18(27)12-22(25)28)13-21(15)24-10-9-23(32-24)16-4-7-20-17(11-16)14-30(2)26(20)31/h3-13,29H,14H2,1-2H3. The van der Waals surface area contributed by atoms with Crippen LogP contribution < -0.4 is 4.72 Å². The van der Waals surface area contributed by atoms with Crippen LogP contribution in [0, 0.1) is 18.6 Å². The Kier molecular flexibility index (Phi) is 5.68. The third kappa shape index (κ3) is 4.26. The van der Waals surface area contributed by atoms with E-state index in [-0.39, 0.29) is 5.91 Å². The number of thiophene rings is 1. The molecule has 1 N–H and O–H groups in total. The lowest BCUT2D eigenvalue weighted by molar-refractivity contribution is 0.0816. The van der Waals surface area contributed by atoms with E-state index in [4.69, 9.17) is 0 Å². The average Bonchev–Trinajstić information content (AvgIpc) is 3.39. The van der Waals surface area contributed by atoms with E-state index in [1.165, 1.54) is 12.1 Å². The molecule has 3 nitrogen and oxygen atoms in total. The Bertz CT molecular complexity index is 1380. The van der Waals surface area contributed by atoms with Crippen LogP contribution in [0.1, 0.15) is 21.5 Å². The monoisotopic (exact) mass is 478 g/mol. The Labute approximate surface area is 199 Å². The Morgan fingerprint density at radius 2 is 1.76 bits per heavy atom. The maximum absolute atomic E-state index is 13.9. The van der Waals surface area contributed by atoms with Gasteiger partial charge in [-0.15, -0.1) is 11.3 Å². The number of carbonyl (C=O) groups excluding carboxylic acids is 1. The van der Waals surface area contributed by atoms with Crippen molar-refractivity contribution in [2.45, 2.75) is 18.4 Å². The van der Waals surface area contributed by atoms with Crippen molar-refractivity contribution >= 4 is 34.9 Å². The SMILES string of the molecule is Cc1ccc(NSc2ccc(F)cc2F)cc1-c1ccc(-c2ccc3c(c2)CN(C)C3=O)s1. The van der Waals surface area contributed by atoms with Gasteiger partial charge in [-0.2, -0.15) is 0 Å². The number of fused-ring (bicyclic) bond motifs is 1. The van der Waals surface area contributed by atoms with Crippen molar-refractivity contribution in [3.63, 3.8) is 0 Å². The number of halogens is 2. The summed E-state index contributed by atoms with van der Waals surface area (Å²) >= 11 is 2.81. The number of nitrogens with zero attached hydrogens (tertiary/aromatic N) is 1. The van der Waals surface area contributed by atoms with E-state index in [2.05, 4.69) is 29.8 Å². The Morgan fingerprint density at radius 3 is 2.58 bits per heavy atom. The average molecular weight is 479 g/mol. The third-order valence-electron chi connectivity index (χ3n) is 5.66. The van der Waals surface area contributed by atoms with Crippen LogP contribution in [0.5, 0.6) is 0 Å². The molecule has 0 atom stereocenters. The van der Waals surface area contributed by atoms with Crippen molar-refractivity contribution in [1.82, 2.24) is 4.90 Å². The molecule has 0 spiro atoms. The number of aryl methyl sites for hydroxylation is 1. The molecule has 1 aliphatic heterocycles. The smallest absolute Gasteiger partial charge is 0.254 e. The maximum Gasteiger partial charge on any atom is 0.254 e. The number of carbonyl (C=O) groups is 1. The second kappa shape index (κ2) is 8.65. The van der Waals surface area contributed by atoms with Crippen LogP contribution in [0.25, 0.3) is 20.9 Å². The highest BCUT2D eigenvalue weighted by Crippen LogP contribution is 2.38. The van der Waals surface area contributed by atoms with Gasteiger partial charge in [0.1, 0.15) is 11.6 Å². The van der Waals surface area contributed by atoms with Gasteiger partial charge in [0.15, 0.2) is 0 Å². The number of hydrogen-bond donors (Lipinski definition) is 1. The minimum absolute atomic E-state index is 0.0711. The van der Waals surface area contributed by atoms with Crippen molar-refractivity contribution < 1.29 is 13.6 Å². The fourth-order valence-electron chi connectivity index (χ4n) is 3.88. The van der Waals surface area contributed by atoms with Gasteiger partial charge in [0, 0.05) is 40.7 Å². The molecule has 33 heavy (non-hydrogen) atoms. The summed E-state index contributed by atoms with van der Waals surface area (Å²) < 4.78 is 30.2. The van der Waals surface area contributed by atoms with Crippen molar-refractivity contribution in [3.05, 3.63) is 95.1 Å². The number of anilines is 1. The number of amides is 1. The van der Waals surface area contributed by atoms with E-state index in [0.29, 0.717) is 11.4 Å². The molecule has 1 aliphatic rings. The molecule has 0 aliphatic carbocycles. The third-order valence-corrected chi connectivity index (χ3v) is 7.71. The van der Waals surface area contributed by atoms with Crippen LogP contribution >= 0.6 is 23.3 Å². The summed E-state index contributed by atoms with van der Waals surface area (Å²) in [5, 5.41) is 0. The highest BCUT2D eigenvalue weighted by Gasteiger charge is 2.24. The molecule has 0 unspecified atom stereocenters. The van der Waals surface area contributed by atoms with Crippen molar-refractivity contribution in [2.24, 2.45) is 0 Å². The van der Waals surface area contributed by atoms with Gasteiger partial charge in [-0.25, -0.2) is 8.78 Å². The lowest BCUT2D eigenvalue weighted by Gasteiger charge is -2.10. The first-order valence-corrected chi connectivity index (χ1v) is 12.0. The molecule has 3 aromatic carbocycles. The van der Waals surface area contributed by atoms with E-state index < -0.39 is 11.6 Å². The van der Waals surface area contributed by atoms with Gasteiger partial charge in [-0.3, -0.25) is 4.79 Å². The van der Waals surface area contributed by atoms with Crippen LogP contribution in [-0.4, -0.2) is 17.9 Å². The molecule has 5 rings (SSSR count). The molecule has 0 fully saturated rings. The van der Waals surface area contributed by atoms with Gasteiger partial charge in [0.2, 0.25) is 0 Å². The number of hydrogen-bond acceptors (Lipinski definition) is 4. The molecule has 0 radical (unpaired) electrons. The van der Waals surface area contributed by atoms with Crippen molar-refractivity contribution in [3.8, 4) is 20.9 Å². The van der Waals surface area contributed by atoms with E-state index in [1.54, 1.807) is 16.2 Å².